The summed E-state index contributed by atoms with van der Waals surface area (Å²) in [6, 6.07) is 5.68. The predicted molar refractivity (Wildman–Crippen MR) is 98.0 cm³/mol. The maximum absolute atomic E-state index is 12.5. The summed E-state index contributed by atoms with van der Waals surface area (Å²) in [5, 5.41) is 0.536. The van der Waals surface area contributed by atoms with Crippen LogP contribution in [0.15, 0.2) is 29.2 Å². The smallest absolute Gasteiger partial charge is 0.343 e. The van der Waals surface area contributed by atoms with Crippen molar-refractivity contribution in [3.8, 4) is 0 Å². The zero-order valence-corrected chi connectivity index (χ0v) is 15.1. The van der Waals surface area contributed by atoms with E-state index in [-0.39, 0.29) is 41.6 Å². The van der Waals surface area contributed by atoms with E-state index in [1.807, 2.05) is 29.7 Å². The molecular weight excluding hydrogens is 395 g/mol. The van der Waals surface area contributed by atoms with E-state index >= 15 is 0 Å². The van der Waals surface area contributed by atoms with Crippen LogP contribution in [0.3, 0.4) is 0 Å². The lowest BCUT2D eigenvalue weighted by molar-refractivity contribution is 0.0524. The molecule has 0 spiro atoms. The summed E-state index contributed by atoms with van der Waals surface area (Å²) in [6.07, 6.45) is 2.27. The Labute approximate surface area is 146 Å². The van der Waals surface area contributed by atoms with Crippen LogP contribution in [0.25, 0.3) is 10.9 Å². The van der Waals surface area contributed by atoms with E-state index in [1.165, 1.54) is 0 Å². The van der Waals surface area contributed by atoms with Crippen LogP contribution in [0.4, 0.5) is 0 Å². The number of aromatic nitrogens is 1. The predicted octanol–water partition coefficient (Wildman–Crippen LogP) is 2.32. The molecule has 5 nitrogen and oxygen atoms in total. The maximum Gasteiger partial charge on any atom is 0.343 e. The normalized spacial score (nSPS) is 10.3. The van der Waals surface area contributed by atoms with Crippen molar-refractivity contribution >= 4 is 40.8 Å². The van der Waals surface area contributed by atoms with E-state index in [1.54, 1.807) is 13.1 Å². The molecule has 1 heterocycles. The summed E-state index contributed by atoms with van der Waals surface area (Å²) in [5.74, 6) is -0.573. The first kappa shape index (κ1) is 18.6. The molecule has 120 valence electrons. The van der Waals surface area contributed by atoms with E-state index in [0.29, 0.717) is 24.9 Å². The number of esters is 1. The Hall–Kier alpha value is -1.41. The van der Waals surface area contributed by atoms with Gasteiger partial charge in [0.05, 0.1) is 12.1 Å². The highest BCUT2D eigenvalue weighted by Gasteiger charge is 2.16. The third-order valence-electron chi connectivity index (χ3n) is 3.41. The molecule has 0 amide bonds. The van der Waals surface area contributed by atoms with Crippen LogP contribution in [0, 0.1) is 0 Å². The zero-order chi connectivity index (χ0) is 15.4. The Balaban J connectivity index is 0.00000242. The number of rotatable bonds is 5. The van der Waals surface area contributed by atoms with Crippen molar-refractivity contribution in [1.82, 2.24) is 4.57 Å². The van der Waals surface area contributed by atoms with Gasteiger partial charge in [-0.2, -0.15) is 0 Å². The van der Waals surface area contributed by atoms with Gasteiger partial charge in [0.25, 0.3) is 0 Å². The molecule has 0 radical (unpaired) electrons. The van der Waals surface area contributed by atoms with Gasteiger partial charge in [-0.3, -0.25) is 4.79 Å². The Morgan fingerprint density at radius 3 is 2.64 bits per heavy atom. The molecule has 0 aliphatic heterocycles. The lowest BCUT2D eigenvalue weighted by atomic mass is 10.1. The molecule has 0 fully saturated rings. The highest BCUT2D eigenvalue weighted by Crippen LogP contribution is 2.15. The first-order chi connectivity index (χ1) is 10.1. The second kappa shape index (κ2) is 8.28. The summed E-state index contributed by atoms with van der Waals surface area (Å²) < 4.78 is 6.85. The van der Waals surface area contributed by atoms with Gasteiger partial charge in [-0.05, 0) is 44.5 Å². The first-order valence-electron chi connectivity index (χ1n) is 7.15. The molecule has 2 aromatic rings. The summed E-state index contributed by atoms with van der Waals surface area (Å²) in [4.78, 5) is 24.5. The van der Waals surface area contributed by atoms with Crippen LogP contribution in [-0.2, 0) is 17.7 Å². The van der Waals surface area contributed by atoms with E-state index in [0.717, 1.165) is 11.1 Å². The van der Waals surface area contributed by atoms with E-state index in [4.69, 9.17) is 10.5 Å². The van der Waals surface area contributed by atoms with Gasteiger partial charge in [-0.25, -0.2) is 4.79 Å². The monoisotopic (exact) mass is 416 g/mol. The zero-order valence-electron chi connectivity index (χ0n) is 12.8. The minimum Gasteiger partial charge on any atom is -0.462 e. The average molecular weight is 416 g/mol. The molecule has 0 saturated heterocycles. The summed E-state index contributed by atoms with van der Waals surface area (Å²) in [5.41, 5.74) is 7.16. The number of aryl methyl sites for hydroxylation is 1. The fourth-order valence-corrected chi connectivity index (χ4v) is 2.38. The largest absolute Gasteiger partial charge is 0.462 e. The van der Waals surface area contributed by atoms with E-state index in [2.05, 4.69) is 0 Å². The van der Waals surface area contributed by atoms with Crippen molar-refractivity contribution in [3.05, 3.63) is 45.7 Å². The van der Waals surface area contributed by atoms with Gasteiger partial charge in [-0.1, -0.05) is 6.07 Å². The number of fused-ring (bicyclic) bond motifs is 1. The highest BCUT2D eigenvalue weighted by molar-refractivity contribution is 14.0. The quantitative estimate of drug-likeness (QED) is 0.600. The molecule has 2 N–H and O–H groups in total. The molecular formula is C16H21IN2O3. The van der Waals surface area contributed by atoms with Crippen LogP contribution in [0.5, 0.6) is 0 Å². The Bertz CT molecular complexity index is 725. The fourth-order valence-electron chi connectivity index (χ4n) is 2.38. The van der Waals surface area contributed by atoms with Crippen molar-refractivity contribution in [2.24, 2.45) is 5.73 Å². The van der Waals surface area contributed by atoms with Crippen molar-refractivity contribution in [2.75, 3.05) is 13.2 Å². The molecule has 1 aromatic heterocycles. The minimum absolute atomic E-state index is 0. The molecule has 6 heteroatoms. The summed E-state index contributed by atoms with van der Waals surface area (Å²) >= 11 is 0. The number of hydrogen-bond donors (Lipinski definition) is 1. The molecule has 1 aromatic carbocycles. The van der Waals surface area contributed by atoms with Gasteiger partial charge in [-0.15, -0.1) is 24.0 Å². The van der Waals surface area contributed by atoms with Crippen LogP contribution in [0.1, 0.15) is 29.8 Å². The second-order valence-corrected chi connectivity index (χ2v) is 4.77. The van der Waals surface area contributed by atoms with E-state index in [9.17, 15) is 9.59 Å². The van der Waals surface area contributed by atoms with Gasteiger partial charge in [0.15, 0.2) is 0 Å². The van der Waals surface area contributed by atoms with Crippen molar-refractivity contribution in [2.45, 2.75) is 26.8 Å². The second-order valence-electron chi connectivity index (χ2n) is 4.77. The maximum atomic E-state index is 12.5. The Kier molecular flexibility index (Phi) is 7.02. The Morgan fingerprint density at radius 1 is 1.32 bits per heavy atom. The highest BCUT2D eigenvalue weighted by atomic mass is 127. The molecule has 0 atom stereocenters. The number of nitrogens with two attached hydrogens (primary N) is 1. The van der Waals surface area contributed by atoms with Crippen molar-refractivity contribution < 1.29 is 9.53 Å². The SMILES string of the molecule is CCOC(=O)c1cn(CC)c2ccc(CCN)cc2c1=O.I. The molecule has 0 bridgehead atoms. The molecule has 0 aliphatic carbocycles. The van der Waals surface area contributed by atoms with Gasteiger partial charge in [0.1, 0.15) is 5.56 Å². The molecule has 0 aliphatic rings. The first-order valence-corrected chi connectivity index (χ1v) is 7.15. The molecule has 2 rings (SSSR count). The van der Waals surface area contributed by atoms with Crippen molar-refractivity contribution in [1.29, 1.82) is 0 Å². The topological polar surface area (TPSA) is 74.3 Å². The van der Waals surface area contributed by atoms with Gasteiger partial charge in [0, 0.05) is 18.1 Å². The molecule has 0 unspecified atom stereocenters. The lowest BCUT2D eigenvalue weighted by Crippen LogP contribution is -2.21. The number of carbonyl (C=O) groups is 1. The van der Waals surface area contributed by atoms with Gasteiger partial charge < -0.3 is 15.0 Å². The third kappa shape index (κ3) is 3.67. The number of pyridine rings is 1. The number of ether oxygens (including phenoxy) is 1. The standard InChI is InChI=1S/C16H20N2O3.HI/c1-3-18-10-13(16(20)21-4-2)15(19)12-9-11(7-8-17)5-6-14(12)18;/h5-6,9-10H,3-4,7-8,17H2,1-2H3;1H. The Morgan fingerprint density at radius 2 is 2.05 bits per heavy atom. The number of hydrogen-bond acceptors (Lipinski definition) is 4. The molecule has 22 heavy (non-hydrogen) atoms. The van der Waals surface area contributed by atoms with Crippen molar-refractivity contribution in [3.63, 3.8) is 0 Å². The third-order valence-corrected chi connectivity index (χ3v) is 3.41. The summed E-state index contributed by atoms with van der Waals surface area (Å²) in [7, 11) is 0. The number of carbonyl (C=O) groups excluding carboxylic acids is 1. The van der Waals surface area contributed by atoms with Crippen LogP contribution in [0.2, 0.25) is 0 Å². The van der Waals surface area contributed by atoms with Gasteiger partial charge >= 0.3 is 5.97 Å². The average Bonchev–Trinajstić information content (AvgIpc) is 2.48. The number of benzene rings is 1. The number of nitrogens with zero attached hydrogens (tertiary/aromatic N) is 1. The van der Waals surface area contributed by atoms with E-state index < -0.39 is 5.97 Å². The molecule has 0 saturated carbocycles. The fraction of sp³-hybridized carbons (Fsp3) is 0.375. The van der Waals surface area contributed by atoms with Crippen LogP contribution in [-0.4, -0.2) is 23.7 Å². The lowest BCUT2D eigenvalue weighted by Gasteiger charge is -2.12. The van der Waals surface area contributed by atoms with Crippen LogP contribution >= 0.6 is 24.0 Å². The van der Waals surface area contributed by atoms with Gasteiger partial charge in [0.2, 0.25) is 5.43 Å². The minimum atomic E-state index is -0.573. The number of halogens is 1. The summed E-state index contributed by atoms with van der Waals surface area (Å²) in [6.45, 7) is 5.11. The van der Waals surface area contributed by atoms with Crippen LogP contribution < -0.4 is 11.2 Å².